The lowest BCUT2D eigenvalue weighted by Crippen LogP contribution is -2.49. The van der Waals surface area contributed by atoms with Crippen LogP contribution in [0.4, 0.5) is 4.79 Å². The fourth-order valence-electron chi connectivity index (χ4n) is 2.63. The Morgan fingerprint density at radius 3 is 2.24 bits per heavy atom. The highest BCUT2D eigenvalue weighted by molar-refractivity contribution is 5.81. The minimum atomic E-state index is -0.690. The summed E-state index contributed by atoms with van der Waals surface area (Å²) < 4.78 is 9.99. The van der Waals surface area contributed by atoms with E-state index in [0.29, 0.717) is 5.92 Å². The molecular formula is C15H27NO5. The third-order valence-electron chi connectivity index (χ3n) is 3.75. The molecule has 1 aliphatic carbocycles. The molecule has 1 amide bonds. The number of methoxy groups -OCH3 is 1. The first-order valence-electron chi connectivity index (χ1n) is 7.45. The van der Waals surface area contributed by atoms with Crippen LogP contribution in [-0.2, 0) is 14.3 Å². The molecule has 1 rings (SSSR count). The van der Waals surface area contributed by atoms with E-state index in [4.69, 9.17) is 14.6 Å². The van der Waals surface area contributed by atoms with E-state index in [1.165, 1.54) is 7.11 Å². The predicted octanol–water partition coefficient (Wildman–Crippen LogP) is 1.85. The second-order valence-corrected chi connectivity index (χ2v) is 6.61. The smallest absolute Gasteiger partial charge is 0.408 e. The van der Waals surface area contributed by atoms with Crippen molar-refractivity contribution in [1.82, 2.24) is 5.32 Å². The van der Waals surface area contributed by atoms with Crippen molar-refractivity contribution in [2.75, 3.05) is 13.7 Å². The van der Waals surface area contributed by atoms with Gasteiger partial charge in [0.05, 0.1) is 7.11 Å². The maximum atomic E-state index is 11.9. The van der Waals surface area contributed by atoms with E-state index in [1.54, 1.807) is 20.8 Å². The fourth-order valence-corrected chi connectivity index (χ4v) is 2.63. The van der Waals surface area contributed by atoms with Crippen LogP contribution in [0.3, 0.4) is 0 Å². The van der Waals surface area contributed by atoms with Gasteiger partial charge in [-0.05, 0) is 58.3 Å². The van der Waals surface area contributed by atoms with Crippen LogP contribution in [0.5, 0.6) is 0 Å². The van der Waals surface area contributed by atoms with E-state index in [9.17, 15) is 9.59 Å². The summed E-state index contributed by atoms with van der Waals surface area (Å²) in [7, 11) is 1.31. The normalized spacial score (nSPS) is 24.0. The second kappa shape index (κ2) is 7.64. The number of nitrogens with one attached hydrogen (secondary N) is 1. The number of carbonyl (C=O) groups excluding carboxylic acids is 2. The van der Waals surface area contributed by atoms with Gasteiger partial charge in [-0.2, -0.15) is 0 Å². The SMILES string of the molecule is COC(=O)[C@@H](NC(=O)OC(C)(C)C)[C@H]1CC[C@H](CO)CC1. The Morgan fingerprint density at radius 1 is 1.24 bits per heavy atom. The molecule has 2 N–H and O–H groups in total. The zero-order chi connectivity index (χ0) is 16.0. The third kappa shape index (κ3) is 5.91. The van der Waals surface area contributed by atoms with Crippen molar-refractivity contribution in [3.63, 3.8) is 0 Å². The Balaban J connectivity index is 2.64. The summed E-state index contributed by atoms with van der Waals surface area (Å²) in [4.78, 5) is 23.8. The molecule has 1 atom stereocenters. The molecule has 0 aromatic heterocycles. The molecule has 0 radical (unpaired) electrons. The minimum Gasteiger partial charge on any atom is -0.467 e. The summed E-state index contributed by atoms with van der Waals surface area (Å²) in [5.41, 5.74) is -0.612. The Hall–Kier alpha value is -1.30. The van der Waals surface area contributed by atoms with Gasteiger partial charge in [-0.15, -0.1) is 0 Å². The number of amides is 1. The van der Waals surface area contributed by atoms with E-state index in [0.717, 1.165) is 25.7 Å². The van der Waals surface area contributed by atoms with E-state index < -0.39 is 23.7 Å². The van der Waals surface area contributed by atoms with Crippen molar-refractivity contribution in [2.45, 2.75) is 58.1 Å². The average Bonchev–Trinajstić information content (AvgIpc) is 2.42. The van der Waals surface area contributed by atoms with Crippen molar-refractivity contribution in [3.8, 4) is 0 Å². The molecule has 0 bridgehead atoms. The van der Waals surface area contributed by atoms with Crippen LogP contribution in [0.15, 0.2) is 0 Å². The van der Waals surface area contributed by atoms with Crippen LogP contribution >= 0.6 is 0 Å². The first-order valence-corrected chi connectivity index (χ1v) is 7.45. The molecule has 6 nitrogen and oxygen atoms in total. The quantitative estimate of drug-likeness (QED) is 0.774. The average molecular weight is 301 g/mol. The lowest BCUT2D eigenvalue weighted by molar-refractivity contribution is -0.145. The number of alkyl carbamates (subject to hydrolysis) is 1. The van der Waals surface area contributed by atoms with Crippen LogP contribution < -0.4 is 5.32 Å². The number of ether oxygens (including phenoxy) is 2. The van der Waals surface area contributed by atoms with E-state index in [-0.39, 0.29) is 12.5 Å². The van der Waals surface area contributed by atoms with Crippen LogP contribution in [-0.4, -0.2) is 42.5 Å². The molecule has 0 saturated heterocycles. The lowest BCUT2D eigenvalue weighted by atomic mass is 9.79. The zero-order valence-electron chi connectivity index (χ0n) is 13.3. The first kappa shape index (κ1) is 17.8. The fraction of sp³-hybridized carbons (Fsp3) is 0.867. The molecular weight excluding hydrogens is 274 g/mol. The van der Waals surface area contributed by atoms with Crippen molar-refractivity contribution in [2.24, 2.45) is 11.8 Å². The predicted molar refractivity (Wildman–Crippen MR) is 77.7 cm³/mol. The highest BCUT2D eigenvalue weighted by Gasteiger charge is 2.34. The van der Waals surface area contributed by atoms with Gasteiger partial charge in [-0.1, -0.05) is 0 Å². The van der Waals surface area contributed by atoms with Crippen LogP contribution in [0.2, 0.25) is 0 Å². The van der Waals surface area contributed by atoms with Crippen molar-refractivity contribution < 1.29 is 24.2 Å². The molecule has 1 fully saturated rings. The third-order valence-corrected chi connectivity index (χ3v) is 3.75. The molecule has 0 aromatic carbocycles. The van der Waals surface area contributed by atoms with E-state index in [2.05, 4.69) is 5.32 Å². The largest absolute Gasteiger partial charge is 0.467 e. The van der Waals surface area contributed by atoms with Crippen LogP contribution in [0.1, 0.15) is 46.5 Å². The summed E-state index contributed by atoms with van der Waals surface area (Å²) >= 11 is 0. The van der Waals surface area contributed by atoms with E-state index >= 15 is 0 Å². The second-order valence-electron chi connectivity index (χ2n) is 6.61. The number of aliphatic hydroxyl groups is 1. The number of rotatable bonds is 4. The number of esters is 1. The van der Waals surface area contributed by atoms with Gasteiger partial charge in [-0.3, -0.25) is 0 Å². The molecule has 0 spiro atoms. The van der Waals surface area contributed by atoms with Crippen LogP contribution in [0, 0.1) is 11.8 Å². The molecule has 0 unspecified atom stereocenters. The van der Waals surface area contributed by atoms with Crippen molar-refractivity contribution in [3.05, 3.63) is 0 Å². The Kier molecular flexibility index (Phi) is 6.45. The summed E-state index contributed by atoms with van der Waals surface area (Å²) in [6.45, 7) is 5.49. The summed E-state index contributed by atoms with van der Waals surface area (Å²) in [5.74, 6) is -0.137. The summed E-state index contributed by atoms with van der Waals surface area (Å²) in [6.07, 6.45) is 2.65. The van der Waals surface area contributed by atoms with Crippen molar-refractivity contribution >= 4 is 12.1 Å². The lowest BCUT2D eigenvalue weighted by Gasteiger charge is -2.32. The summed E-state index contributed by atoms with van der Waals surface area (Å²) in [6, 6.07) is -0.690. The van der Waals surface area contributed by atoms with Gasteiger partial charge in [0.1, 0.15) is 11.6 Å². The maximum Gasteiger partial charge on any atom is 0.408 e. The van der Waals surface area contributed by atoms with Gasteiger partial charge in [0, 0.05) is 6.61 Å². The summed E-state index contributed by atoms with van der Waals surface area (Å²) in [5, 5.41) is 11.8. The standard InChI is InChI=1S/C15H27NO5/c1-15(2,3)21-14(19)16-12(13(18)20-4)11-7-5-10(9-17)6-8-11/h10-12,17H,5-9H2,1-4H3,(H,16,19)/t10-,11-,12-/m0/s1. The van der Waals surface area contributed by atoms with Gasteiger partial charge in [0.25, 0.3) is 0 Å². The zero-order valence-corrected chi connectivity index (χ0v) is 13.3. The molecule has 6 heteroatoms. The van der Waals surface area contributed by atoms with E-state index in [1.807, 2.05) is 0 Å². The number of hydrogen-bond acceptors (Lipinski definition) is 5. The van der Waals surface area contributed by atoms with Crippen molar-refractivity contribution in [1.29, 1.82) is 0 Å². The highest BCUT2D eigenvalue weighted by Crippen LogP contribution is 2.31. The number of carbonyl (C=O) groups is 2. The molecule has 122 valence electrons. The van der Waals surface area contributed by atoms with Gasteiger partial charge >= 0.3 is 12.1 Å². The van der Waals surface area contributed by atoms with Gasteiger partial charge in [0.2, 0.25) is 0 Å². The first-order chi connectivity index (χ1) is 9.76. The van der Waals surface area contributed by atoms with Gasteiger partial charge < -0.3 is 19.9 Å². The van der Waals surface area contributed by atoms with Gasteiger partial charge in [0.15, 0.2) is 0 Å². The molecule has 1 aliphatic rings. The topological polar surface area (TPSA) is 84.9 Å². The van der Waals surface area contributed by atoms with Crippen LogP contribution in [0.25, 0.3) is 0 Å². The molecule has 1 saturated carbocycles. The number of hydrogen-bond donors (Lipinski definition) is 2. The maximum absolute atomic E-state index is 11.9. The molecule has 21 heavy (non-hydrogen) atoms. The van der Waals surface area contributed by atoms with Gasteiger partial charge in [-0.25, -0.2) is 9.59 Å². The Morgan fingerprint density at radius 2 is 1.81 bits per heavy atom. The molecule has 0 aromatic rings. The molecule has 0 aliphatic heterocycles. The Labute approximate surface area is 126 Å². The Bertz CT molecular complexity index is 356. The monoisotopic (exact) mass is 301 g/mol. The number of aliphatic hydroxyl groups excluding tert-OH is 1. The highest BCUT2D eigenvalue weighted by atomic mass is 16.6. The minimum absolute atomic E-state index is 0.0211. The molecule has 0 heterocycles.